The molecule has 0 radical (unpaired) electrons. The van der Waals surface area contributed by atoms with Crippen molar-refractivity contribution < 1.29 is 14.7 Å². The zero-order valence-corrected chi connectivity index (χ0v) is 16.6. The van der Waals surface area contributed by atoms with Crippen LogP contribution >= 0.6 is 11.6 Å². The Morgan fingerprint density at radius 2 is 1.79 bits per heavy atom. The van der Waals surface area contributed by atoms with Gasteiger partial charge in [-0.1, -0.05) is 17.7 Å². The normalized spacial score (nSPS) is 14.9. The van der Waals surface area contributed by atoms with E-state index < -0.39 is 0 Å². The lowest BCUT2D eigenvalue weighted by Gasteiger charge is -2.31. The molecule has 6 nitrogen and oxygen atoms in total. The number of nitrogens with one attached hydrogen (secondary N) is 1. The van der Waals surface area contributed by atoms with Crippen molar-refractivity contribution in [3.8, 4) is 5.75 Å². The molecule has 2 amide bonds. The lowest BCUT2D eigenvalue weighted by atomic mass is 9.95. The van der Waals surface area contributed by atoms with Gasteiger partial charge in [-0.3, -0.25) is 9.59 Å². The number of rotatable bonds is 4. The van der Waals surface area contributed by atoms with Crippen LogP contribution in [0.3, 0.4) is 0 Å². The molecule has 0 spiro atoms. The van der Waals surface area contributed by atoms with E-state index in [4.69, 9.17) is 11.6 Å². The number of carbonyl (C=O) groups is 2. The van der Waals surface area contributed by atoms with E-state index in [0.717, 1.165) is 10.9 Å². The van der Waals surface area contributed by atoms with Crippen LogP contribution in [0.2, 0.25) is 5.02 Å². The molecule has 2 aromatic carbocycles. The molecular formula is C22H22ClN3O3. The Morgan fingerprint density at radius 1 is 1.07 bits per heavy atom. The fraction of sp³-hybridized carbons (Fsp3) is 0.273. The van der Waals surface area contributed by atoms with E-state index in [1.165, 1.54) is 12.1 Å². The number of phenolic OH excluding ortho intramolecular Hbond substituents is 1. The fourth-order valence-electron chi connectivity index (χ4n) is 3.72. The number of halogens is 1. The summed E-state index contributed by atoms with van der Waals surface area (Å²) >= 11 is 6.09. The molecule has 2 heterocycles. The van der Waals surface area contributed by atoms with Crippen LogP contribution in [0.4, 0.5) is 5.69 Å². The molecule has 2 N–H and O–H groups in total. The van der Waals surface area contributed by atoms with E-state index in [9.17, 15) is 14.7 Å². The number of fused-ring (bicyclic) bond motifs is 1. The average Bonchev–Trinajstić information content (AvgIpc) is 3.11. The van der Waals surface area contributed by atoms with Crippen LogP contribution in [0.5, 0.6) is 5.75 Å². The first-order chi connectivity index (χ1) is 14.0. The standard InChI is InChI=1S/C22H22ClN3O3/c23-17-2-1-15-7-12-26(20(15)13-17)14-21(28)25-10-8-16(9-11-25)22(29)24-18-3-5-19(27)6-4-18/h1-7,12-13,16,27H,8-11,14H2,(H,24,29). The number of carbonyl (C=O) groups excluding carboxylic acids is 2. The summed E-state index contributed by atoms with van der Waals surface area (Å²) in [5.41, 5.74) is 1.60. The number of nitrogens with zero attached hydrogens (tertiary/aromatic N) is 2. The highest BCUT2D eigenvalue weighted by Gasteiger charge is 2.27. The SMILES string of the molecule is O=C(Nc1ccc(O)cc1)C1CCN(C(=O)Cn2ccc3ccc(Cl)cc32)CC1. The smallest absolute Gasteiger partial charge is 0.242 e. The van der Waals surface area contributed by atoms with Crippen molar-refractivity contribution >= 4 is 40.0 Å². The number of benzene rings is 2. The summed E-state index contributed by atoms with van der Waals surface area (Å²) in [5, 5.41) is 13.9. The Morgan fingerprint density at radius 3 is 2.52 bits per heavy atom. The molecular weight excluding hydrogens is 390 g/mol. The van der Waals surface area contributed by atoms with E-state index >= 15 is 0 Å². The van der Waals surface area contributed by atoms with Crippen molar-refractivity contribution in [2.45, 2.75) is 19.4 Å². The second-order valence-electron chi connectivity index (χ2n) is 7.34. The number of aromatic hydroxyl groups is 1. The van der Waals surface area contributed by atoms with Gasteiger partial charge in [-0.15, -0.1) is 0 Å². The Bertz CT molecular complexity index is 1040. The molecule has 1 aliphatic rings. The number of amides is 2. The van der Waals surface area contributed by atoms with Crippen LogP contribution in [-0.2, 0) is 16.1 Å². The third kappa shape index (κ3) is 4.38. The monoisotopic (exact) mass is 411 g/mol. The van der Waals surface area contributed by atoms with Crippen LogP contribution in [0.25, 0.3) is 10.9 Å². The molecule has 1 saturated heterocycles. The van der Waals surface area contributed by atoms with Crippen molar-refractivity contribution in [1.29, 1.82) is 0 Å². The largest absolute Gasteiger partial charge is 0.508 e. The van der Waals surface area contributed by atoms with Gasteiger partial charge in [0.05, 0.1) is 0 Å². The topological polar surface area (TPSA) is 74.6 Å². The number of piperidine rings is 1. The molecule has 1 aromatic heterocycles. The summed E-state index contributed by atoms with van der Waals surface area (Å²) in [4.78, 5) is 27.0. The quantitative estimate of drug-likeness (QED) is 0.640. The van der Waals surface area contributed by atoms with Gasteiger partial charge in [0.25, 0.3) is 0 Å². The Hall–Kier alpha value is -2.99. The van der Waals surface area contributed by atoms with Gasteiger partial charge >= 0.3 is 0 Å². The minimum atomic E-state index is -0.126. The third-order valence-corrected chi connectivity index (χ3v) is 5.63. The van der Waals surface area contributed by atoms with E-state index in [1.54, 1.807) is 12.1 Å². The van der Waals surface area contributed by atoms with Crippen molar-refractivity contribution in [2.75, 3.05) is 18.4 Å². The van der Waals surface area contributed by atoms with Gasteiger partial charge in [0.1, 0.15) is 12.3 Å². The van der Waals surface area contributed by atoms with E-state index in [-0.39, 0.29) is 30.0 Å². The van der Waals surface area contributed by atoms with Gasteiger partial charge in [-0.2, -0.15) is 0 Å². The molecule has 1 fully saturated rings. The maximum Gasteiger partial charge on any atom is 0.242 e. The number of likely N-dealkylation sites (tertiary alicyclic amines) is 1. The fourth-order valence-corrected chi connectivity index (χ4v) is 3.89. The first kappa shape index (κ1) is 19.3. The number of phenols is 1. The molecule has 0 saturated carbocycles. The minimum Gasteiger partial charge on any atom is -0.508 e. The molecule has 150 valence electrons. The Labute approximate surface area is 173 Å². The van der Waals surface area contributed by atoms with Crippen LogP contribution in [0.15, 0.2) is 54.7 Å². The van der Waals surface area contributed by atoms with Gasteiger partial charge in [-0.05, 0) is 60.7 Å². The maximum atomic E-state index is 12.7. The molecule has 0 atom stereocenters. The molecule has 7 heteroatoms. The molecule has 0 bridgehead atoms. The predicted octanol–water partition coefficient (Wildman–Crippen LogP) is 3.88. The summed E-state index contributed by atoms with van der Waals surface area (Å²) in [6, 6.07) is 14.0. The number of hydrogen-bond acceptors (Lipinski definition) is 3. The summed E-state index contributed by atoms with van der Waals surface area (Å²) in [7, 11) is 0. The number of anilines is 1. The Kier molecular flexibility index (Phi) is 5.45. The Balaban J connectivity index is 1.32. The summed E-state index contributed by atoms with van der Waals surface area (Å²) in [5.74, 6) is 0.0281. The van der Waals surface area contributed by atoms with Crippen molar-refractivity contribution in [3.63, 3.8) is 0 Å². The van der Waals surface area contributed by atoms with Crippen LogP contribution < -0.4 is 5.32 Å². The average molecular weight is 412 g/mol. The third-order valence-electron chi connectivity index (χ3n) is 5.39. The lowest BCUT2D eigenvalue weighted by Crippen LogP contribution is -2.42. The van der Waals surface area contributed by atoms with E-state index in [0.29, 0.717) is 36.6 Å². The van der Waals surface area contributed by atoms with Gasteiger partial charge in [0.2, 0.25) is 11.8 Å². The predicted molar refractivity (Wildman–Crippen MR) is 113 cm³/mol. The first-order valence-electron chi connectivity index (χ1n) is 9.62. The summed E-state index contributed by atoms with van der Waals surface area (Å²) in [6.07, 6.45) is 3.17. The molecule has 3 aromatic rings. The van der Waals surface area contributed by atoms with E-state index in [1.807, 2.05) is 39.9 Å². The molecule has 0 aliphatic carbocycles. The zero-order chi connectivity index (χ0) is 20.4. The van der Waals surface area contributed by atoms with Crippen LogP contribution in [-0.4, -0.2) is 39.5 Å². The van der Waals surface area contributed by atoms with Crippen molar-refractivity contribution in [1.82, 2.24) is 9.47 Å². The van der Waals surface area contributed by atoms with Crippen molar-refractivity contribution in [2.24, 2.45) is 5.92 Å². The highest BCUT2D eigenvalue weighted by Crippen LogP contribution is 2.23. The van der Waals surface area contributed by atoms with E-state index in [2.05, 4.69) is 5.32 Å². The van der Waals surface area contributed by atoms with Gasteiger partial charge < -0.3 is 19.9 Å². The molecule has 0 unspecified atom stereocenters. The first-order valence-corrected chi connectivity index (χ1v) is 9.99. The molecule has 4 rings (SSSR count). The highest BCUT2D eigenvalue weighted by molar-refractivity contribution is 6.31. The maximum absolute atomic E-state index is 12.7. The van der Waals surface area contributed by atoms with Gasteiger partial charge in [0.15, 0.2) is 0 Å². The second kappa shape index (κ2) is 8.17. The minimum absolute atomic E-state index is 0.0415. The number of hydrogen-bond donors (Lipinski definition) is 2. The highest BCUT2D eigenvalue weighted by atomic mass is 35.5. The lowest BCUT2D eigenvalue weighted by molar-refractivity contribution is -0.135. The second-order valence-corrected chi connectivity index (χ2v) is 7.77. The summed E-state index contributed by atoms with van der Waals surface area (Å²) in [6.45, 7) is 1.38. The molecule has 1 aliphatic heterocycles. The summed E-state index contributed by atoms with van der Waals surface area (Å²) < 4.78 is 1.91. The van der Waals surface area contributed by atoms with Crippen LogP contribution in [0, 0.1) is 5.92 Å². The van der Waals surface area contributed by atoms with Gasteiger partial charge in [-0.25, -0.2) is 0 Å². The van der Waals surface area contributed by atoms with Crippen molar-refractivity contribution in [3.05, 3.63) is 59.8 Å². The van der Waals surface area contributed by atoms with Gasteiger partial charge in [0, 0.05) is 41.4 Å². The number of aromatic nitrogens is 1. The van der Waals surface area contributed by atoms with Crippen LogP contribution in [0.1, 0.15) is 12.8 Å². The zero-order valence-electron chi connectivity index (χ0n) is 15.8. The molecule has 29 heavy (non-hydrogen) atoms.